The maximum Gasteiger partial charge on any atom is 0.296 e. The van der Waals surface area contributed by atoms with Gasteiger partial charge in [-0.05, 0) is 31.5 Å². The highest BCUT2D eigenvalue weighted by molar-refractivity contribution is 7.16. The number of hydrogen-bond donors (Lipinski definition) is 1. The molecule has 7 heteroatoms. The van der Waals surface area contributed by atoms with Crippen molar-refractivity contribution >= 4 is 22.2 Å². The standard InChI is InChI=1S/C22H17N5OS/c1-14-15(2)29-22(18(14)13-23)25-21(28)19-24-20(16-9-5-3-6-10-16)27(26-19)17-11-7-4-8-12-17/h3-12H,1-2H3,(H,25,28). The number of thiophene rings is 1. The van der Waals surface area contributed by atoms with Crippen LogP contribution in [0.3, 0.4) is 0 Å². The minimum Gasteiger partial charge on any atom is -0.310 e. The average molecular weight is 399 g/mol. The van der Waals surface area contributed by atoms with Crippen molar-refractivity contribution in [2.24, 2.45) is 0 Å². The van der Waals surface area contributed by atoms with Gasteiger partial charge in [-0.2, -0.15) is 5.26 Å². The number of nitriles is 1. The highest BCUT2D eigenvalue weighted by atomic mass is 32.1. The third kappa shape index (κ3) is 3.53. The Balaban J connectivity index is 1.75. The molecule has 2 aromatic heterocycles. The Morgan fingerprint density at radius 1 is 1.07 bits per heavy atom. The second-order valence-electron chi connectivity index (χ2n) is 6.43. The number of nitrogens with one attached hydrogen (secondary N) is 1. The van der Waals surface area contributed by atoms with E-state index in [4.69, 9.17) is 0 Å². The van der Waals surface area contributed by atoms with Gasteiger partial charge in [0.15, 0.2) is 5.82 Å². The molecule has 0 radical (unpaired) electrons. The minimum atomic E-state index is -0.449. The van der Waals surface area contributed by atoms with Crippen LogP contribution in [0.5, 0.6) is 0 Å². The fraction of sp³-hybridized carbons (Fsp3) is 0.0909. The zero-order valence-corrected chi connectivity index (χ0v) is 16.7. The summed E-state index contributed by atoms with van der Waals surface area (Å²) in [6.45, 7) is 3.79. The van der Waals surface area contributed by atoms with Crippen molar-refractivity contribution in [1.29, 1.82) is 5.26 Å². The van der Waals surface area contributed by atoms with E-state index in [1.165, 1.54) is 11.3 Å². The summed E-state index contributed by atoms with van der Waals surface area (Å²) < 4.78 is 1.65. The van der Waals surface area contributed by atoms with E-state index >= 15 is 0 Å². The van der Waals surface area contributed by atoms with Gasteiger partial charge in [0.2, 0.25) is 5.82 Å². The Bertz CT molecular complexity index is 1160. The lowest BCUT2D eigenvalue weighted by Crippen LogP contribution is -2.14. The Labute approximate surface area is 172 Å². The van der Waals surface area contributed by atoms with Crippen LogP contribution in [0, 0.1) is 25.2 Å². The van der Waals surface area contributed by atoms with Gasteiger partial charge >= 0.3 is 0 Å². The number of anilines is 1. The molecule has 0 fully saturated rings. The molecule has 6 nitrogen and oxygen atoms in total. The van der Waals surface area contributed by atoms with E-state index in [2.05, 4.69) is 21.5 Å². The molecule has 4 aromatic rings. The number of rotatable bonds is 4. The molecule has 2 heterocycles. The zero-order chi connectivity index (χ0) is 20.4. The van der Waals surface area contributed by atoms with Gasteiger partial charge in [-0.3, -0.25) is 4.79 Å². The van der Waals surface area contributed by atoms with Crippen LogP contribution in [0.15, 0.2) is 60.7 Å². The van der Waals surface area contributed by atoms with E-state index in [1.807, 2.05) is 74.5 Å². The average Bonchev–Trinajstić information content (AvgIpc) is 3.31. The summed E-state index contributed by atoms with van der Waals surface area (Å²) in [5, 5.41) is 17.2. The Hall–Kier alpha value is -3.76. The summed E-state index contributed by atoms with van der Waals surface area (Å²) in [6, 6.07) is 21.3. The molecule has 4 rings (SSSR count). The molecular formula is C22H17N5OS. The van der Waals surface area contributed by atoms with E-state index in [0.29, 0.717) is 16.4 Å². The van der Waals surface area contributed by atoms with Crippen molar-refractivity contribution in [3.8, 4) is 23.1 Å². The van der Waals surface area contributed by atoms with Crippen LogP contribution in [0.1, 0.15) is 26.6 Å². The maximum atomic E-state index is 12.9. The molecule has 142 valence electrons. The number of para-hydroxylation sites is 1. The first-order valence-electron chi connectivity index (χ1n) is 8.98. The molecule has 1 amide bonds. The summed E-state index contributed by atoms with van der Waals surface area (Å²) in [4.78, 5) is 18.4. The van der Waals surface area contributed by atoms with E-state index < -0.39 is 5.91 Å². The lowest BCUT2D eigenvalue weighted by molar-refractivity contribution is 0.101. The summed E-state index contributed by atoms with van der Waals surface area (Å²) in [6.07, 6.45) is 0. The number of hydrogen-bond acceptors (Lipinski definition) is 5. The quantitative estimate of drug-likeness (QED) is 0.537. The number of carbonyl (C=O) groups is 1. The van der Waals surface area contributed by atoms with Crippen molar-refractivity contribution in [2.75, 3.05) is 5.32 Å². The van der Waals surface area contributed by atoms with Crippen LogP contribution in [-0.4, -0.2) is 20.7 Å². The van der Waals surface area contributed by atoms with E-state index in [0.717, 1.165) is 21.7 Å². The fourth-order valence-electron chi connectivity index (χ4n) is 2.94. The zero-order valence-electron chi connectivity index (χ0n) is 15.9. The van der Waals surface area contributed by atoms with E-state index in [9.17, 15) is 10.1 Å². The van der Waals surface area contributed by atoms with Crippen molar-refractivity contribution in [3.63, 3.8) is 0 Å². The number of carbonyl (C=O) groups excluding carboxylic acids is 1. The van der Waals surface area contributed by atoms with Crippen LogP contribution in [0.25, 0.3) is 17.1 Å². The molecular weight excluding hydrogens is 382 g/mol. The number of amides is 1. The Kier molecular flexibility index (Phi) is 4.94. The van der Waals surface area contributed by atoms with Gasteiger partial charge < -0.3 is 5.32 Å². The first kappa shape index (κ1) is 18.6. The summed E-state index contributed by atoms with van der Waals surface area (Å²) in [5.74, 6) is 0.163. The van der Waals surface area contributed by atoms with Gasteiger partial charge in [0, 0.05) is 10.4 Å². The van der Waals surface area contributed by atoms with Crippen molar-refractivity contribution < 1.29 is 4.79 Å². The Morgan fingerprint density at radius 2 is 1.72 bits per heavy atom. The third-order valence-corrected chi connectivity index (χ3v) is 5.69. The first-order valence-corrected chi connectivity index (χ1v) is 9.79. The normalized spacial score (nSPS) is 10.5. The van der Waals surface area contributed by atoms with Gasteiger partial charge in [0.25, 0.3) is 5.91 Å². The van der Waals surface area contributed by atoms with Crippen LogP contribution in [0.4, 0.5) is 5.00 Å². The molecule has 0 spiro atoms. The second-order valence-corrected chi connectivity index (χ2v) is 7.65. The number of aryl methyl sites for hydroxylation is 1. The Morgan fingerprint density at radius 3 is 2.38 bits per heavy atom. The number of benzene rings is 2. The third-order valence-electron chi connectivity index (χ3n) is 4.57. The lowest BCUT2D eigenvalue weighted by Gasteiger charge is -2.05. The van der Waals surface area contributed by atoms with E-state index in [1.54, 1.807) is 4.68 Å². The molecule has 29 heavy (non-hydrogen) atoms. The SMILES string of the molecule is Cc1sc(NC(=O)c2nc(-c3ccccc3)n(-c3ccccc3)n2)c(C#N)c1C. The lowest BCUT2D eigenvalue weighted by atomic mass is 10.2. The summed E-state index contributed by atoms with van der Waals surface area (Å²) >= 11 is 1.38. The summed E-state index contributed by atoms with van der Waals surface area (Å²) in [5.41, 5.74) is 3.01. The van der Waals surface area contributed by atoms with Crippen molar-refractivity contribution in [1.82, 2.24) is 14.8 Å². The number of aromatic nitrogens is 3. The molecule has 0 unspecified atom stereocenters. The molecule has 0 saturated heterocycles. The molecule has 0 aliphatic carbocycles. The maximum absolute atomic E-state index is 12.9. The van der Waals surface area contributed by atoms with Gasteiger partial charge in [-0.1, -0.05) is 48.5 Å². The predicted octanol–water partition coefficient (Wildman–Crippen LogP) is 4.74. The van der Waals surface area contributed by atoms with Gasteiger partial charge in [-0.15, -0.1) is 16.4 Å². The molecule has 0 bridgehead atoms. The topological polar surface area (TPSA) is 83.6 Å². The smallest absolute Gasteiger partial charge is 0.296 e. The van der Waals surface area contributed by atoms with Gasteiger partial charge in [-0.25, -0.2) is 9.67 Å². The number of nitrogens with zero attached hydrogens (tertiary/aromatic N) is 4. The van der Waals surface area contributed by atoms with E-state index in [-0.39, 0.29) is 5.82 Å². The summed E-state index contributed by atoms with van der Waals surface area (Å²) in [7, 11) is 0. The van der Waals surface area contributed by atoms with Gasteiger partial charge in [0.05, 0.1) is 11.3 Å². The van der Waals surface area contributed by atoms with Crippen LogP contribution < -0.4 is 5.32 Å². The van der Waals surface area contributed by atoms with Gasteiger partial charge in [0.1, 0.15) is 11.1 Å². The molecule has 0 aliphatic heterocycles. The van der Waals surface area contributed by atoms with Crippen LogP contribution in [-0.2, 0) is 0 Å². The molecule has 0 saturated carbocycles. The van der Waals surface area contributed by atoms with Crippen LogP contribution >= 0.6 is 11.3 Å². The fourth-order valence-corrected chi connectivity index (χ4v) is 3.95. The van der Waals surface area contributed by atoms with Crippen LogP contribution in [0.2, 0.25) is 0 Å². The van der Waals surface area contributed by atoms with Crippen molar-refractivity contribution in [3.05, 3.63) is 82.5 Å². The second kappa shape index (κ2) is 7.70. The first-order chi connectivity index (χ1) is 14.1. The minimum absolute atomic E-state index is 0.0419. The largest absolute Gasteiger partial charge is 0.310 e. The molecule has 0 aliphatic rings. The molecule has 0 atom stereocenters. The highest BCUT2D eigenvalue weighted by Crippen LogP contribution is 2.32. The predicted molar refractivity (Wildman–Crippen MR) is 113 cm³/mol. The monoisotopic (exact) mass is 399 g/mol. The highest BCUT2D eigenvalue weighted by Gasteiger charge is 2.21. The molecule has 1 N–H and O–H groups in total. The molecule has 2 aromatic carbocycles. The van der Waals surface area contributed by atoms with Crippen molar-refractivity contribution in [2.45, 2.75) is 13.8 Å².